The van der Waals surface area contributed by atoms with Gasteiger partial charge in [0.1, 0.15) is 13.2 Å². The Hall–Kier alpha value is -1.26. The van der Waals surface area contributed by atoms with Gasteiger partial charge in [0.2, 0.25) is 0 Å². The van der Waals surface area contributed by atoms with Crippen LogP contribution in [0.25, 0.3) is 0 Å². The molecule has 0 aromatic heterocycles. The molecule has 0 heterocycles. The molecule has 0 radical (unpaired) electrons. The van der Waals surface area contributed by atoms with E-state index in [9.17, 15) is 9.59 Å². The minimum absolute atomic E-state index is 0.0512. The fourth-order valence-electron chi connectivity index (χ4n) is 1.80. The molecule has 0 saturated heterocycles. The molecule has 0 fully saturated rings. The van der Waals surface area contributed by atoms with E-state index in [1.54, 1.807) is 0 Å². The SMILES string of the molecule is CNC(=O)OCCOC(=O)C(CC(C)(C)C)C(C)(C)C. The van der Waals surface area contributed by atoms with E-state index in [0.717, 1.165) is 6.42 Å². The first-order chi connectivity index (χ1) is 8.97. The second-order valence-corrected chi connectivity index (χ2v) is 7.24. The van der Waals surface area contributed by atoms with Crippen molar-refractivity contribution >= 4 is 12.1 Å². The van der Waals surface area contributed by atoms with Crippen molar-refractivity contribution in [3.63, 3.8) is 0 Å². The Morgan fingerprint density at radius 2 is 1.50 bits per heavy atom. The maximum Gasteiger partial charge on any atom is 0.406 e. The van der Waals surface area contributed by atoms with Gasteiger partial charge in [-0.05, 0) is 17.3 Å². The lowest BCUT2D eigenvalue weighted by Crippen LogP contribution is -2.34. The molecule has 20 heavy (non-hydrogen) atoms. The van der Waals surface area contributed by atoms with Crippen molar-refractivity contribution < 1.29 is 19.1 Å². The molecule has 0 aromatic rings. The van der Waals surface area contributed by atoms with E-state index < -0.39 is 6.09 Å². The first-order valence-corrected chi connectivity index (χ1v) is 6.98. The summed E-state index contributed by atoms with van der Waals surface area (Å²) < 4.78 is 10.0. The molecule has 1 amide bonds. The maximum absolute atomic E-state index is 12.2. The number of hydrogen-bond donors (Lipinski definition) is 1. The summed E-state index contributed by atoms with van der Waals surface area (Å²) in [6.45, 7) is 12.6. The molecule has 0 spiro atoms. The minimum Gasteiger partial charge on any atom is -0.462 e. The van der Waals surface area contributed by atoms with Crippen LogP contribution in [0.3, 0.4) is 0 Å². The zero-order chi connectivity index (χ0) is 16.0. The van der Waals surface area contributed by atoms with Crippen LogP contribution >= 0.6 is 0 Å². The van der Waals surface area contributed by atoms with Crippen molar-refractivity contribution in [3.8, 4) is 0 Å². The van der Waals surface area contributed by atoms with Crippen molar-refractivity contribution in [2.45, 2.75) is 48.0 Å². The van der Waals surface area contributed by atoms with Gasteiger partial charge >= 0.3 is 12.1 Å². The Morgan fingerprint density at radius 1 is 1.00 bits per heavy atom. The standard InChI is InChI=1S/C15H29NO4/c1-14(2,3)10-11(15(4,5)6)12(17)19-8-9-20-13(18)16-7/h11H,8-10H2,1-7H3,(H,16,18). The average molecular weight is 287 g/mol. The van der Waals surface area contributed by atoms with Gasteiger partial charge in [0, 0.05) is 7.05 Å². The van der Waals surface area contributed by atoms with Gasteiger partial charge in [-0.3, -0.25) is 4.79 Å². The van der Waals surface area contributed by atoms with E-state index in [2.05, 4.69) is 26.1 Å². The third-order valence-electron chi connectivity index (χ3n) is 2.91. The summed E-state index contributed by atoms with van der Waals surface area (Å²) in [5, 5.41) is 2.33. The van der Waals surface area contributed by atoms with Crippen LogP contribution in [0.4, 0.5) is 4.79 Å². The number of esters is 1. The zero-order valence-electron chi connectivity index (χ0n) is 13.8. The Morgan fingerprint density at radius 3 is 1.90 bits per heavy atom. The lowest BCUT2D eigenvalue weighted by Gasteiger charge is -2.33. The van der Waals surface area contributed by atoms with Crippen molar-refractivity contribution in [1.29, 1.82) is 0 Å². The lowest BCUT2D eigenvalue weighted by atomic mass is 9.72. The topological polar surface area (TPSA) is 64.6 Å². The van der Waals surface area contributed by atoms with E-state index in [1.165, 1.54) is 7.05 Å². The Bertz CT molecular complexity index is 326. The van der Waals surface area contributed by atoms with E-state index in [1.807, 2.05) is 20.8 Å². The Kier molecular flexibility index (Phi) is 7.03. The number of alkyl carbamates (subject to hydrolysis) is 1. The molecule has 118 valence electrons. The molecule has 0 aromatic carbocycles. The van der Waals surface area contributed by atoms with Crippen LogP contribution < -0.4 is 5.32 Å². The van der Waals surface area contributed by atoms with E-state index in [4.69, 9.17) is 9.47 Å². The summed E-state index contributed by atoms with van der Waals surface area (Å²) in [6, 6.07) is 0. The lowest BCUT2D eigenvalue weighted by molar-refractivity contribution is -0.155. The van der Waals surface area contributed by atoms with Crippen LogP contribution in [0, 0.1) is 16.7 Å². The van der Waals surface area contributed by atoms with Gasteiger partial charge in [-0.1, -0.05) is 41.5 Å². The number of carbonyl (C=O) groups is 2. The molecule has 5 nitrogen and oxygen atoms in total. The number of amides is 1. The summed E-state index contributed by atoms with van der Waals surface area (Å²) in [5.74, 6) is -0.407. The van der Waals surface area contributed by atoms with Gasteiger partial charge in [-0.15, -0.1) is 0 Å². The molecular formula is C15H29NO4. The highest BCUT2D eigenvalue weighted by molar-refractivity contribution is 5.73. The largest absolute Gasteiger partial charge is 0.462 e. The van der Waals surface area contributed by atoms with E-state index in [0.29, 0.717) is 0 Å². The zero-order valence-corrected chi connectivity index (χ0v) is 13.8. The molecule has 0 bridgehead atoms. The molecule has 0 aliphatic heterocycles. The van der Waals surface area contributed by atoms with Crippen LogP contribution in [0.5, 0.6) is 0 Å². The minimum atomic E-state index is -0.525. The predicted octanol–water partition coefficient (Wildman–Crippen LogP) is 2.98. The van der Waals surface area contributed by atoms with Gasteiger partial charge in [0.15, 0.2) is 0 Å². The molecule has 0 aliphatic rings. The highest BCUT2D eigenvalue weighted by atomic mass is 16.6. The van der Waals surface area contributed by atoms with Crippen LogP contribution in [-0.4, -0.2) is 32.3 Å². The Balaban J connectivity index is 4.40. The van der Waals surface area contributed by atoms with Crippen molar-refractivity contribution in [2.24, 2.45) is 16.7 Å². The van der Waals surface area contributed by atoms with Crippen LogP contribution in [0.2, 0.25) is 0 Å². The average Bonchev–Trinajstić information content (AvgIpc) is 2.28. The number of nitrogens with one attached hydrogen (secondary N) is 1. The molecular weight excluding hydrogens is 258 g/mol. The summed E-state index contributed by atoms with van der Waals surface area (Å²) in [7, 11) is 1.48. The normalized spacial score (nSPS) is 13.6. The fraction of sp³-hybridized carbons (Fsp3) is 0.867. The molecule has 0 saturated carbocycles. The van der Waals surface area contributed by atoms with Gasteiger partial charge < -0.3 is 14.8 Å². The van der Waals surface area contributed by atoms with Crippen molar-refractivity contribution in [3.05, 3.63) is 0 Å². The molecule has 0 aliphatic carbocycles. The van der Waals surface area contributed by atoms with E-state index >= 15 is 0 Å². The predicted molar refractivity (Wildman–Crippen MR) is 78.4 cm³/mol. The van der Waals surface area contributed by atoms with Crippen LogP contribution in [-0.2, 0) is 14.3 Å². The van der Waals surface area contributed by atoms with Crippen LogP contribution in [0.15, 0.2) is 0 Å². The van der Waals surface area contributed by atoms with Crippen molar-refractivity contribution in [2.75, 3.05) is 20.3 Å². The van der Waals surface area contributed by atoms with Gasteiger partial charge in [0.25, 0.3) is 0 Å². The molecule has 1 N–H and O–H groups in total. The highest BCUT2D eigenvalue weighted by Gasteiger charge is 2.35. The van der Waals surface area contributed by atoms with E-state index in [-0.39, 0.29) is 35.9 Å². The summed E-state index contributed by atoms with van der Waals surface area (Å²) in [4.78, 5) is 23.1. The number of hydrogen-bond acceptors (Lipinski definition) is 4. The second-order valence-electron chi connectivity index (χ2n) is 7.24. The summed E-state index contributed by atoms with van der Waals surface area (Å²) in [6.07, 6.45) is 0.231. The number of carbonyl (C=O) groups excluding carboxylic acids is 2. The second kappa shape index (κ2) is 7.50. The van der Waals surface area contributed by atoms with Gasteiger partial charge in [0.05, 0.1) is 5.92 Å². The summed E-state index contributed by atoms with van der Waals surface area (Å²) >= 11 is 0. The fourth-order valence-corrected chi connectivity index (χ4v) is 1.80. The third kappa shape index (κ3) is 8.02. The monoisotopic (exact) mass is 287 g/mol. The quantitative estimate of drug-likeness (QED) is 0.623. The molecule has 0 rings (SSSR count). The van der Waals surface area contributed by atoms with Crippen LogP contribution in [0.1, 0.15) is 48.0 Å². The molecule has 5 heteroatoms. The first kappa shape index (κ1) is 18.7. The third-order valence-corrected chi connectivity index (χ3v) is 2.91. The summed E-state index contributed by atoms with van der Waals surface area (Å²) in [5.41, 5.74) is -0.110. The molecule has 1 unspecified atom stereocenters. The number of ether oxygens (including phenoxy) is 2. The Labute approximate surface area is 122 Å². The smallest absolute Gasteiger partial charge is 0.406 e. The van der Waals surface area contributed by atoms with Crippen molar-refractivity contribution in [1.82, 2.24) is 5.32 Å². The first-order valence-electron chi connectivity index (χ1n) is 6.98. The maximum atomic E-state index is 12.2. The van der Waals surface area contributed by atoms with Gasteiger partial charge in [-0.25, -0.2) is 4.79 Å². The highest BCUT2D eigenvalue weighted by Crippen LogP contribution is 2.36. The van der Waals surface area contributed by atoms with Gasteiger partial charge in [-0.2, -0.15) is 0 Å². The molecule has 1 atom stereocenters. The number of rotatable bonds is 5.